The molecule has 0 bridgehead atoms. The molecule has 4 nitrogen and oxygen atoms in total. The third-order valence-corrected chi connectivity index (χ3v) is 3.62. The number of carbonyl (C=O) groups excluding carboxylic acids is 1. The van der Waals surface area contributed by atoms with Crippen LogP contribution in [0.15, 0.2) is 45.9 Å². The molecule has 94 valence electrons. The van der Waals surface area contributed by atoms with Crippen LogP contribution in [0.3, 0.4) is 0 Å². The minimum atomic E-state index is -0.189. The van der Waals surface area contributed by atoms with E-state index in [1.54, 1.807) is 18.3 Å². The standard InChI is InChI=1S/C13H8N2O2S2/c16-12-11(19-13(18)15-12)7-8-4-5-10(17-8)9-3-1-2-6-14-9/h1-7H,(H,15,16,18)/b11-7-. The van der Waals surface area contributed by atoms with E-state index < -0.39 is 0 Å². The fourth-order valence-electron chi connectivity index (χ4n) is 1.63. The first-order chi connectivity index (χ1) is 9.22. The fraction of sp³-hybridized carbons (Fsp3) is 0. The van der Waals surface area contributed by atoms with E-state index in [1.165, 1.54) is 11.8 Å². The Balaban J connectivity index is 1.89. The van der Waals surface area contributed by atoms with Crippen molar-refractivity contribution in [3.63, 3.8) is 0 Å². The van der Waals surface area contributed by atoms with Gasteiger partial charge in [-0.05, 0) is 24.3 Å². The second kappa shape index (κ2) is 4.99. The summed E-state index contributed by atoms with van der Waals surface area (Å²) in [6, 6.07) is 9.22. The Morgan fingerprint density at radius 3 is 2.89 bits per heavy atom. The number of rotatable bonds is 2. The van der Waals surface area contributed by atoms with E-state index in [2.05, 4.69) is 10.3 Å². The smallest absolute Gasteiger partial charge is 0.263 e. The molecular weight excluding hydrogens is 280 g/mol. The summed E-state index contributed by atoms with van der Waals surface area (Å²) in [6.07, 6.45) is 3.38. The molecule has 19 heavy (non-hydrogen) atoms. The van der Waals surface area contributed by atoms with Crippen molar-refractivity contribution < 1.29 is 9.21 Å². The average Bonchev–Trinajstić information content (AvgIpc) is 2.99. The van der Waals surface area contributed by atoms with Crippen molar-refractivity contribution in [1.82, 2.24) is 10.3 Å². The number of amides is 1. The van der Waals surface area contributed by atoms with Crippen LogP contribution >= 0.6 is 24.0 Å². The third-order valence-electron chi connectivity index (χ3n) is 2.46. The van der Waals surface area contributed by atoms with Crippen LogP contribution in [-0.4, -0.2) is 15.2 Å². The first-order valence-electron chi connectivity index (χ1n) is 5.48. The molecule has 1 fully saturated rings. The van der Waals surface area contributed by atoms with Crippen LogP contribution in [0.25, 0.3) is 17.5 Å². The number of hydrogen-bond acceptors (Lipinski definition) is 5. The average molecular weight is 288 g/mol. The van der Waals surface area contributed by atoms with Crippen LogP contribution in [0.1, 0.15) is 5.76 Å². The number of thioether (sulfide) groups is 1. The predicted molar refractivity (Wildman–Crippen MR) is 78.2 cm³/mol. The van der Waals surface area contributed by atoms with E-state index in [-0.39, 0.29) is 5.91 Å². The van der Waals surface area contributed by atoms with Crippen molar-refractivity contribution >= 4 is 40.3 Å². The molecule has 1 saturated heterocycles. The summed E-state index contributed by atoms with van der Waals surface area (Å²) in [4.78, 5) is 16.3. The van der Waals surface area contributed by atoms with Gasteiger partial charge in [0.05, 0.1) is 4.91 Å². The SMILES string of the molecule is O=C1NC(=S)S/C1=C\c1ccc(-c2ccccn2)o1. The molecule has 3 heterocycles. The van der Waals surface area contributed by atoms with E-state index in [1.807, 2.05) is 24.3 Å². The van der Waals surface area contributed by atoms with Gasteiger partial charge < -0.3 is 9.73 Å². The molecule has 0 radical (unpaired) electrons. The van der Waals surface area contributed by atoms with Crippen LogP contribution in [0.2, 0.25) is 0 Å². The van der Waals surface area contributed by atoms with Gasteiger partial charge in [-0.25, -0.2) is 0 Å². The molecule has 6 heteroatoms. The Labute approximate surface area is 118 Å². The highest BCUT2D eigenvalue weighted by Gasteiger charge is 2.22. The quantitative estimate of drug-likeness (QED) is 0.680. The Kier molecular flexibility index (Phi) is 3.18. The molecule has 2 aromatic rings. The van der Waals surface area contributed by atoms with Crippen LogP contribution < -0.4 is 5.32 Å². The van der Waals surface area contributed by atoms with Gasteiger partial charge in [-0.1, -0.05) is 30.0 Å². The maximum absolute atomic E-state index is 11.5. The third kappa shape index (κ3) is 2.59. The molecule has 0 saturated carbocycles. The molecule has 1 aliphatic rings. The lowest BCUT2D eigenvalue weighted by Gasteiger charge is -1.94. The molecule has 1 N–H and O–H groups in total. The fourth-order valence-corrected chi connectivity index (χ4v) is 2.65. The second-order valence-electron chi connectivity index (χ2n) is 3.77. The molecule has 2 aromatic heterocycles. The van der Waals surface area contributed by atoms with Crippen molar-refractivity contribution in [1.29, 1.82) is 0 Å². The first kappa shape index (κ1) is 12.1. The van der Waals surface area contributed by atoms with Crippen LogP contribution in [-0.2, 0) is 4.79 Å². The highest BCUT2D eigenvalue weighted by molar-refractivity contribution is 8.26. The largest absolute Gasteiger partial charge is 0.455 e. The zero-order valence-electron chi connectivity index (χ0n) is 9.62. The molecule has 1 aliphatic heterocycles. The zero-order valence-corrected chi connectivity index (χ0v) is 11.3. The van der Waals surface area contributed by atoms with Gasteiger partial charge in [-0.3, -0.25) is 9.78 Å². The van der Waals surface area contributed by atoms with Crippen molar-refractivity contribution in [2.75, 3.05) is 0 Å². The summed E-state index contributed by atoms with van der Waals surface area (Å²) in [5.41, 5.74) is 0.756. The lowest BCUT2D eigenvalue weighted by Crippen LogP contribution is -2.17. The van der Waals surface area contributed by atoms with Crippen LogP contribution in [0.5, 0.6) is 0 Å². The molecule has 0 aromatic carbocycles. The molecule has 0 unspecified atom stereocenters. The highest BCUT2D eigenvalue weighted by Crippen LogP contribution is 2.28. The minimum Gasteiger partial charge on any atom is -0.455 e. The van der Waals surface area contributed by atoms with Crippen LogP contribution in [0, 0.1) is 0 Å². The summed E-state index contributed by atoms with van der Waals surface area (Å²) in [5.74, 6) is 1.08. The zero-order chi connectivity index (χ0) is 13.2. The number of hydrogen-bond donors (Lipinski definition) is 1. The monoisotopic (exact) mass is 288 g/mol. The van der Waals surface area contributed by atoms with Gasteiger partial charge in [0.1, 0.15) is 15.8 Å². The van der Waals surface area contributed by atoms with E-state index in [0.29, 0.717) is 20.7 Å². The van der Waals surface area contributed by atoms with Gasteiger partial charge in [0.15, 0.2) is 5.76 Å². The van der Waals surface area contributed by atoms with E-state index >= 15 is 0 Å². The second-order valence-corrected chi connectivity index (χ2v) is 5.49. The maximum Gasteiger partial charge on any atom is 0.263 e. The summed E-state index contributed by atoms with van der Waals surface area (Å²) in [5, 5.41) is 2.56. The number of nitrogens with one attached hydrogen (secondary N) is 1. The number of carbonyl (C=O) groups is 1. The van der Waals surface area contributed by atoms with Crippen molar-refractivity contribution in [2.45, 2.75) is 0 Å². The van der Waals surface area contributed by atoms with E-state index in [9.17, 15) is 4.79 Å². The number of furan rings is 1. The molecule has 0 atom stereocenters. The maximum atomic E-state index is 11.5. The Morgan fingerprint density at radius 1 is 1.32 bits per heavy atom. The molecule has 0 aliphatic carbocycles. The molecule has 0 spiro atoms. The number of nitrogens with zero attached hydrogens (tertiary/aromatic N) is 1. The molecular formula is C13H8N2O2S2. The summed E-state index contributed by atoms with van der Waals surface area (Å²) in [6.45, 7) is 0. The lowest BCUT2D eigenvalue weighted by molar-refractivity contribution is -0.115. The topological polar surface area (TPSA) is 55.1 Å². The highest BCUT2D eigenvalue weighted by atomic mass is 32.2. The van der Waals surface area contributed by atoms with E-state index in [4.69, 9.17) is 16.6 Å². The molecule has 3 rings (SSSR count). The van der Waals surface area contributed by atoms with Gasteiger partial charge in [-0.15, -0.1) is 0 Å². The normalized spacial score (nSPS) is 16.9. The molecule has 1 amide bonds. The van der Waals surface area contributed by atoms with Gasteiger partial charge in [-0.2, -0.15) is 0 Å². The van der Waals surface area contributed by atoms with Gasteiger partial charge in [0, 0.05) is 12.3 Å². The first-order valence-corrected chi connectivity index (χ1v) is 6.71. The lowest BCUT2D eigenvalue weighted by atomic mass is 10.3. The predicted octanol–water partition coefficient (Wildman–Crippen LogP) is 2.83. The van der Waals surface area contributed by atoms with Crippen molar-refractivity contribution in [2.24, 2.45) is 0 Å². The minimum absolute atomic E-state index is 0.189. The van der Waals surface area contributed by atoms with Gasteiger partial charge >= 0.3 is 0 Å². The van der Waals surface area contributed by atoms with E-state index in [0.717, 1.165) is 5.69 Å². The summed E-state index contributed by atoms with van der Waals surface area (Å²) < 4.78 is 6.11. The number of thiocarbonyl (C=S) groups is 1. The Hall–Kier alpha value is -1.92. The van der Waals surface area contributed by atoms with Crippen molar-refractivity contribution in [3.8, 4) is 11.5 Å². The van der Waals surface area contributed by atoms with Gasteiger partial charge in [0.2, 0.25) is 0 Å². The van der Waals surface area contributed by atoms with Crippen molar-refractivity contribution in [3.05, 3.63) is 47.2 Å². The summed E-state index contributed by atoms with van der Waals surface area (Å²) in [7, 11) is 0. The number of aromatic nitrogens is 1. The van der Waals surface area contributed by atoms with Gasteiger partial charge in [0.25, 0.3) is 5.91 Å². The Morgan fingerprint density at radius 2 is 2.21 bits per heavy atom. The Bertz CT molecular complexity index is 677. The van der Waals surface area contributed by atoms with Crippen LogP contribution in [0.4, 0.5) is 0 Å². The number of pyridine rings is 1. The summed E-state index contributed by atoms with van der Waals surface area (Å²) >= 11 is 6.15.